The molecule has 0 radical (unpaired) electrons. The first-order valence-corrected chi connectivity index (χ1v) is 9.49. The van der Waals surface area contributed by atoms with Crippen LogP contribution in [-0.4, -0.2) is 54.5 Å². The minimum absolute atomic E-state index is 0.0975. The quantitative estimate of drug-likeness (QED) is 0.585. The molecule has 8 heteroatoms. The summed E-state index contributed by atoms with van der Waals surface area (Å²) in [5.41, 5.74) is -0.114. The molecule has 150 valence electrons. The average Bonchev–Trinajstić information content (AvgIpc) is 2.93. The second-order valence-electron chi connectivity index (χ2n) is 7.55. The smallest absolute Gasteiger partial charge is 0.369 e. The van der Waals surface area contributed by atoms with E-state index in [0.717, 1.165) is 6.07 Å². The lowest BCUT2D eigenvalue weighted by Crippen LogP contribution is -2.51. The van der Waals surface area contributed by atoms with Gasteiger partial charge in [0.25, 0.3) is 0 Å². The number of hydrogen-bond acceptors (Lipinski definition) is 4. The Labute approximate surface area is 161 Å². The zero-order valence-electron chi connectivity index (χ0n) is 15.4. The summed E-state index contributed by atoms with van der Waals surface area (Å²) in [7, 11) is 0. The molecule has 2 amide bonds. The predicted molar refractivity (Wildman–Crippen MR) is 97.3 cm³/mol. The molecule has 0 N–H and O–H groups in total. The molecule has 0 bridgehead atoms. The average molecular weight is 393 g/mol. The maximum absolute atomic E-state index is 12.9. The van der Waals surface area contributed by atoms with Gasteiger partial charge in [-0.2, -0.15) is 13.2 Å². The number of alkyl halides is 3. The minimum Gasteiger partial charge on any atom is -0.369 e. The Morgan fingerprint density at radius 2 is 1.54 bits per heavy atom. The second kappa shape index (κ2) is 7.24. The fourth-order valence-corrected chi connectivity index (χ4v) is 4.23. The molecule has 3 aliphatic rings. The standard InChI is InChI=1S/C20H22F3N3O2/c21-20(22,23)14-4-3-5-15(12-14)25-10-8-24(9-11-25)13-26-18(27)16-6-1-2-7-17(16)19(26)28/h1-5,12,16-17H,6-11,13H2. The summed E-state index contributed by atoms with van der Waals surface area (Å²) in [5.74, 6) is -0.660. The largest absolute Gasteiger partial charge is 0.416 e. The van der Waals surface area contributed by atoms with Gasteiger partial charge in [-0.3, -0.25) is 19.4 Å². The van der Waals surface area contributed by atoms with Crippen molar-refractivity contribution in [1.82, 2.24) is 9.80 Å². The Morgan fingerprint density at radius 3 is 2.11 bits per heavy atom. The van der Waals surface area contributed by atoms with Crippen LogP contribution in [0.4, 0.5) is 18.9 Å². The van der Waals surface area contributed by atoms with Gasteiger partial charge >= 0.3 is 6.18 Å². The van der Waals surface area contributed by atoms with E-state index in [2.05, 4.69) is 0 Å². The van der Waals surface area contributed by atoms with Crippen LogP contribution in [0.3, 0.4) is 0 Å². The van der Waals surface area contributed by atoms with Gasteiger partial charge in [-0.15, -0.1) is 0 Å². The summed E-state index contributed by atoms with van der Waals surface area (Å²) in [6.45, 7) is 2.53. The van der Waals surface area contributed by atoms with Crippen molar-refractivity contribution in [1.29, 1.82) is 0 Å². The molecule has 0 spiro atoms. The number of halogens is 3. The number of allylic oxidation sites excluding steroid dienone is 2. The number of carbonyl (C=O) groups excluding carboxylic acids is 2. The van der Waals surface area contributed by atoms with Crippen LogP contribution in [0.15, 0.2) is 36.4 Å². The van der Waals surface area contributed by atoms with Gasteiger partial charge in [-0.05, 0) is 31.0 Å². The SMILES string of the molecule is O=C1C2CC=CCC2C(=O)N1CN1CCN(c2cccc(C(F)(F)F)c2)CC1. The second-order valence-corrected chi connectivity index (χ2v) is 7.55. The number of rotatable bonds is 3. The van der Waals surface area contributed by atoms with Gasteiger partial charge in [0.1, 0.15) is 0 Å². The van der Waals surface area contributed by atoms with E-state index in [-0.39, 0.29) is 30.3 Å². The molecule has 2 heterocycles. The molecular formula is C20H22F3N3O2. The minimum atomic E-state index is -4.36. The number of hydrogen-bond donors (Lipinski definition) is 0. The summed E-state index contributed by atoms with van der Waals surface area (Å²) in [5, 5.41) is 0. The normalized spacial score (nSPS) is 26.1. The van der Waals surface area contributed by atoms with Gasteiger partial charge in [0, 0.05) is 31.9 Å². The molecule has 0 aromatic heterocycles. The molecule has 1 aromatic carbocycles. The third-order valence-corrected chi connectivity index (χ3v) is 5.85. The van der Waals surface area contributed by atoms with Crippen LogP contribution >= 0.6 is 0 Å². The van der Waals surface area contributed by atoms with Crippen molar-refractivity contribution in [2.75, 3.05) is 37.7 Å². The van der Waals surface area contributed by atoms with E-state index < -0.39 is 11.7 Å². The van der Waals surface area contributed by atoms with Gasteiger partial charge in [0.2, 0.25) is 11.8 Å². The molecule has 2 saturated heterocycles. The predicted octanol–water partition coefficient (Wildman–Crippen LogP) is 2.74. The number of benzene rings is 1. The number of imide groups is 1. The Morgan fingerprint density at radius 1 is 0.929 bits per heavy atom. The van der Waals surface area contributed by atoms with Crippen molar-refractivity contribution in [2.45, 2.75) is 19.0 Å². The number of nitrogens with zero attached hydrogens (tertiary/aromatic N) is 3. The van der Waals surface area contributed by atoms with Crippen molar-refractivity contribution in [3.63, 3.8) is 0 Å². The van der Waals surface area contributed by atoms with Crippen LogP contribution in [0, 0.1) is 11.8 Å². The molecule has 0 saturated carbocycles. The van der Waals surface area contributed by atoms with E-state index in [1.165, 1.54) is 17.0 Å². The number of fused-ring (bicyclic) bond motifs is 1. The Bertz CT molecular complexity index is 774. The molecule has 1 aliphatic carbocycles. The van der Waals surface area contributed by atoms with E-state index in [1.807, 2.05) is 22.0 Å². The Kier molecular flexibility index (Phi) is 4.91. The van der Waals surface area contributed by atoms with Crippen LogP contribution < -0.4 is 4.90 Å². The monoisotopic (exact) mass is 393 g/mol. The lowest BCUT2D eigenvalue weighted by atomic mass is 9.85. The summed E-state index contributed by atoms with van der Waals surface area (Å²) < 4.78 is 38.8. The van der Waals surface area contributed by atoms with E-state index >= 15 is 0 Å². The molecule has 1 aromatic rings. The summed E-state index contributed by atoms with van der Waals surface area (Å²) in [6, 6.07) is 5.33. The molecule has 5 nitrogen and oxygen atoms in total. The maximum Gasteiger partial charge on any atom is 0.416 e. The molecular weight excluding hydrogens is 371 g/mol. The fraction of sp³-hybridized carbons (Fsp3) is 0.500. The van der Waals surface area contributed by atoms with Crippen molar-refractivity contribution >= 4 is 17.5 Å². The topological polar surface area (TPSA) is 43.9 Å². The van der Waals surface area contributed by atoms with Crippen LogP contribution in [0.5, 0.6) is 0 Å². The summed E-state index contributed by atoms with van der Waals surface area (Å²) in [4.78, 5) is 30.4. The molecule has 28 heavy (non-hydrogen) atoms. The lowest BCUT2D eigenvalue weighted by molar-refractivity contribution is -0.142. The lowest BCUT2D eigenvalue weighted by Gasteiger charge is -2.37. The number of piperazine rings is 1. The third-order valence-electron chi connectivity index (χ3n) is 5.85. The van der Waals surface area contributed by atoms with E-state index in [1.54, 1.807) is 6.07 Å². The highest BCUT2D eigenvalue weighted by Gasteiger charge is 2.47. The number of amides is 2. The fourth-order valence-electron chi connectivity index (χ4n) is 4.23. The van der Waals surface area contributed by atoms with Gasteiger partial charge in [-0.1, -0.05) is 18.2 Å². The molecule has 4 rings (SSSR count). The molecule has 2 atom stereocenters. The third kappa shape index (κ3) is 3.53. The zero-order valence-corrected chi connectivity index (χ0v) is 15.4. The van der Waals surface area contributed by atoms with Crippen molar-refractivity contribution in [2.24, 2.45) is 11.8 Å². The van der Waals surface area contributed by atoms with Crippen LogP contribution in [-0.2, 0) is 15.8 Å². The first-order chi connectivity index (χ1) is 13.3. The van der Waals surface area contributed by atoms with Crippen LogP contribution in [0.25, 0.3) is 0 Å². The molecule has 2 aliphatic heterocycles. The zero-order chi connectivity index (χ0) is 19.9. The Hall–Kier alpha value is -2.35. The number of carbonyl (C=O) groups is 2. The number of likely N-dealkylation sites (tertiary alicyclic amines) is 1. The molecule has 2 fully saturated rings. The maximum atomic E-state index is 12.9. The van der Waals surface area contributed by atoms with Crippen molar-refractivity contribution < 1.29 is 22.8 Å². The summed E-state index contributed by atoms with van der Waals surface area (Å²) >= 11 is 0. The van der Waals surface area contributed by atoms with Crippen molar-refractivity contribution in [3.8, 4) is 0 Å². The number of anilines is 1. The van der Waals surface area contributed by atoms with Gasteiger partial charge in [-0.25, -0.2) is 0 Å². The highest BCUT2D eigenvalue weighted by atomic mass is 19.4. The molecule has 2 unspecified atom stereocenters. The highest BCUT2D eigenvalue weighted by Crippen LogP contribution is 2.35. The first-order valence-electron chi connectivity index (χ1n) is 9.49. The van der Waals surface area contributed by atoms with Gasteiger partial charge in [0.05, 0.1) is 24.1 Å². The van der Waals surface area contributed by atoms with Gasteiger partial charge in [0.15, 0.2) is 0 Å². The van der Waals surface area contributed by atoms with E-state index in [4.69, 9.17) is 0 Å². The van der Waals surface area contributed by atoms with Crippen LogP contribution in [0.2, 0.25) is 0 Å². The Balaban J connectivity index is 1.36. The van der Waals surface area contributed by atoms with Gasteiger partial charge < -0.3 is 4.90 Å². The van der Waals surface area contributed by atoms with Crippen LogP contribution in [0.1, 0.15) is 18.4 Å². The van der Waals surface area contributed by atoms with E-state index in [9.17, 15) is 22.8 Å². The van der Waals surface area contributed by atoms with E-state index in [0.29, 0.717) is 44.7 Å². The first kappa shape index (κ1) is 19.0. The summed E-state index contributed by atoms with van der Waals surface area (Å²) in [6.07, 6.45) is 0.803. The van der Waals surface area contributed by atoms with Crippen molar-refractivity contribution in [3.05, 3.63) is 42.0 Å². The highest BCUT2D eigenvalue weighted by molar-refractivity contribution is 6.05.